The van der Waals surface area contributed by atoms with E-state index >= 15 is 0 Å². The maximum absolute atomic E-state index is 4.53. The van der Waals surface area contributed by atoms with E-state index in [1.165, 1.54) is 5.56 Å². The highest BCUT2D eigenvalue weighted by molar-refractivity contribution is 7.80. The number of hydrogen-bond acceptors (Lipinski definition) is 3. The van der Waals surface area contributed by atoms with Gasteiger partial charge in [0.15, 0.2) is 0 Å². The Kier molecular flexibility index (Phi) is 7.75. The Morgan fingerprint density at radius 3 is 2.45 bits per heavy atom. The maximum Gasteiger partial charge on any atom is 0.135 e. The fourth-order valence-electron chi connectivity index (χ4n) is 2.10. The van der Waals surface area contributed by atoms with Crippen LogP contribution in [0.25, 0.3) is 0 Å². The zero-order valence-corrected chi connectivity index (χ0v) is 14.9. The summed E-state index contributed by atoms with van der Waals surface area (Å²) in [5, 5.41) is 0. The van der Waals surface area contributed by atoms with Gasteiger partial charge in [-0.1, -0.05) is 51.6 Å². The summed E-state index contributed by atoms with van der Waals surface area (Å²) < 4.78 is 0. The number of thiol groups is 1. The molecule has 0 spiro atoms. The van der Waals surface area contributed by atoms with E-state index in [-0.39, 0.29) is 0 Å². The van der Waals surface area contributed by atoms with E-state index in [1.807, 2.05) is 44.3 Å². The third kappa shape index (κ3) is 4.63. The number of aryl methyl sites for hydroxylation is 1. The molecule has 0 fully saturated rings. The minimum atomic E-state index is 0.740. The summed E-state index contributed by atoms with van der Waals surface area (Å²) in [5.74, 6) is 0.968. The van der Waals surface area contributed by atoms with Gasteiger partial charge in [-0.2, -0.15) is 0 Å². The Morgan fingerprint density at radius 1 is 1.18 bits per heavy atom. The van der Waals surface area contributed by atoms with Crippen LogP contribution in [0.2, 0.25) is 0 Å². The topological polar surface area (TPSA) is 16.1 Å². The standard InChI is InChI=1S/C17H20N2S.C2H6/c1-4-14(3)19(17-13(2)8-7-11-18-17)12-15-9-5-6-10-16(15)20;1-2/h5-11,20H,3-4,12H2,1-2H3;1-2H3. The molecule has 0 amide bonds. The maximum atomic E-state index is 4.53. The minimum Gasteiger partial charge on any atom is -0.326 e. The molecule has 0 saturated heterocycles. The molecule has 1 aromatic heterocycles. The quantitative estimate of drug-likeness (QED) is 0.719. The fourth-order valence-corrected chi connectivity index (χ4v) is 2.33. The normalized spacial score (nSPS) is 9.68. The van der Waals surface area contributed by atoms with E-state index in [0.717, 1.165) is 34.9 Å². The Morgan fingerprint density at radius 2 is 1.86 bits per heavy atom. The predicted octanol–water partition coefficient (Wildman–Crippen LogP) is 5.64. The van der Waals surface area contributed by atoms with Crippen molar-refractivity contribution < 1.29 is 0 Å². The molecule has 0 N–H and O–H groups in total. The molecule has 0 bridgehead atoms. The van der Waals surface area contributed by atoms with Crippen LogP contribution in [0.4, 0.5) is 5.82 Å². The van der Waals surface area contributed by atoms with Gasteiger partial charge in [0, 0.05) is 16.8 Å². The van der Waals surface area contributed by atoms with Gasteiger partial charge in [0.25, 0.3) is 0 Å². The molecule has 0 atom stereocenters. The molecule has 0 radical (unpaired) electrons. The van der Waals surface area contributed by atoms with Gasteiger partial charge in [-0.05, 0) is 36.6 Å². The van der Waals surface area contributed by atoms with E-state index in [1.54, 1.807) is 0 Å². The lowest BCUT2D eigenvalue weighted by atomic mass is 10.1. The summed E-state index contributed by atoms with van der Waals surface area (Å²) >= 11 is 4.53. The Bertz CT molecular complexity index is 608. The van der Waals surface area contributed by atoms with Crippen molar-refractivity contribution in [1.29, 1.82) is 0 Å². The van der Waals surface area contributed by atoms with Crippen molar-refractivity contribution in [2.45, 2.75) is 45.6 Å². The molecule has 2 nitrogen and oxygen atoms in total. The van der Waals surface area contributed by atoms with Gasteiger partial charge < -0.3 is 4.90 Å². The highest BCUT2D eigenvalue weighted by Gasteiger charge is 2.14. The second kappa shape index (κ2) is 9.31. The first-order valence-electron chi connectivity index (χ1n) is 7.77. The molecule has 2 aromatic rings. The summed E-state index contributed by atoms with van der Waals surface area (Å²) in [4.78, 5) is 7.68. The van der Waals surface area contributed by atoms with Crippen molar-refractivity contribution in [3.8, 4) is 0 Å². The summed E-state index contributed by atoms with van der Waals surface area (Å²) in [6, 6.07) is 12.2. The monoisotopic (exact) mass is 314 g/mol. The van der Waals surface area contributed by atoms with Crippen LogP contribution in [0.15, 0.2) is 59.8 Å². The minimum absolute atomic E-state index is 0.740. The zero-order chi connectivity index (χ0) is 16.5. The van der Waals surface area contributed by atoms with Crippen LogP contribution in [0.3, 0.4) is 0 Å². The summed E-state index contributed by atoms with van der Waals surface area (Å²) in [5.41, 5.74) is 3.39. The van der Waals surface area contributed by atoms with Crippen molar-refractivity contribution >= 4 is 18.4 Å². The first-order chi connectivity index (χ1) is 10.6. The average molecular weight is 314 g/mol. The second-order valence-corrected chi connectivity index (χ2v) is 5.26. The van der Waals surface area contributed by atoms with Gasteiger partial charge in [-0.25, -0.2) is 4.98 Å². The number of anilines is 1. The predicted molar refractivity (Wildman–Crippen MR) is 99.6 cm³/mol. The van der Waals surface area contributed by atoms with Crippen molar-refractivity contribution in [3.05, 3.63) is 66.0 Å². The van der Waals surface area contributed by atoms with Crippen molar-refractivity contribution in [3.63, 3.8) is 0 Å². The molecule has 118 valence electrons. The van der Waals surface area contributed by atoms with Crippen LogP contribution in [-0.4, -0.2) is 4.98 Å². The molecule has 2 rings (SSSR count). The lowest BCUT2D eigenvalue weighted by molar-refractivity contribution is 0.835. The molecule has 0 unspecified atom stereocenters. The SMILES string of the molecule is C=C(CC)N(Cc1ccccc1S)c1ncccc1C.CC. The van der Waals surface area contributed by atoms with Crippen LogP contribution >= 0.6 is 12.6 Å². The number of benzene rings is 1. The summed E-state index contributed by atoms with van der Waals surface area (Å²) in [7, 11) is 0. The van der Waals surface area contributed by atoms with Crippen molar-refractivity contribution in [2.24, 2.45) is 0 Å². The third-order valence-corrected chi connectivity index (χ3v) is 3.78. The summed E-state index contributed by atoms with van der Waals surface area (Å²) in [6.45, 7) is 13.1. The number of hydrogen-bond donors (Lipinski definition) is 1. The third-order valence-electron chi connectivity index (χ3n) is 3.35. The number of allylic oxidation sites excluding steroid dienone is 1. The van der Waals surface area contributed by atoms with Gasteiger partial charge in [-0.15, -0.1) is 12.6 Å². The molecular formula is C19H26N2S. The van der Waals surface area contributed by atoms with Crippen LogP contribution in [-0.2, 0) is 6.54 Å². The number of pyridine rings is 1. The molecule has 1 aromatic carbocycles. The van der Waals surface area contributed by atoms with E-state index in [9.17, 15) is 0 Å². The zero-order valence-electron chi connectivity index (χ0n) is 14.0. The van der Waals surface area contributed by atoms with E-state index in [4.69, 9.17) is 0 Å². The fraction of sp³-hybridized carbons (Fsp3) is 0.316. The highest BCUT2D eigenvalue weighted by Crippen LogP contribution is 2.25. The smallest absolute Gasteiger partial charge is 0.135 e. The molecule has 22 heavy (non-hydrogen) atoms. The van der Waals surface area contributed by atoms with Crippen molar-refractivity contribution in [1.82, 2.24) is 4.98 Å². The summed E-state index contributed by atoms with van der Waals surface area (Å²) in [6.07, 6.45) is 2.72. The van der Waals surface area contributed by atoms with Crippen LogP contribution in [0.5, 0.6) is 0 Å². The molecule has 0 aliphatic carbocycles. The van der Waals surface area contributed by atoms with Crippen LogP contribution in [0, 0.1) is 6.92 Å². The lowest BCUT2D eigenvalue weighted by Gasteiger charge is -2.27. The first kappa shape index (κ1) is 18.3. The molecule has 0 aliphatic rings. The molecular weight excluding hydrogens is 288 g/mol. The number of nitrogens with zero attached hydrogens (tertiary/aromatic N) is 2. The first-order valence-corrected chi connectivity index (χ1v) is 8.22. The molecule has 1 heterocycles. The lowest BCUT2D eigenvalue weighted by Crippen LogP contribution is -2.23. The largest absolute Gasteiger partial charge is 0.326 e. The van der Waals surface area contributed by atoms with Gasteiger partial charge in [-0.3, -0.25) is 0 Å². The Balaban J connectivity index is 0.00000116. The van der Waals surface area contributed by atoms with E-state index < -0.39 is 0 Å². The van der Waals surface area contributed by atoms with Crippen LogP contribution < -0.4 is 4.90 Å². The van der Waals surface area contributed by atoms with Gasteiger partial charge in [0.2, 0.25) is 0 Å². The van der Waals surface area contributed by atoms with Gasteiger partial charge >= 0.3 is 0 Å². The molecule has 3 heteroatoms. The van der Waals surface area contributed by atoms with Gasteiger partial charge in [0.05, 0.1) is 6.54 Å². The van der Waals surface area contributed by atoms with E-state index in [0.29, 0.717) is 0 Å². The molecule has 0 saturated carbocycles. The molecule has 0 aliphatic heterocycles. The average Bonchev–Trinajstić information content (AvgIpc) is 2.56. The van der Waals surface area contributed by atoms with Crippen LogP contribution in [0.1, 0.15) is 38.3 Å². The highest BCUT2D eigenvalue weighted by atomic mass is 32.1. The van der Waals surface area contributed by atoms with Gasteiger partial charge in [0.1, 0.15) is 5.82 Å². The second-order valence-electron chi connectivity index (χ2n) is 4.78. The van der Waals surface area contributed by atoms with Crippen molar-refractivity contribution in [2.75, 3.05) is 4.90 Å². The number of rotatable bonds is 5. The number of aromatic nitrogens is 1. The van der Waals surface area contributed by atoms with E-state index in [2.05, 4.69) is 55.1 Å². The Labute approximate surface area is 140 Å². The Hall–Kier alpha value is -1.74.